The lowest BCUT2D eigenvalue weighted by atomic mass is 9.84. The van der Waals surface area contributed by atoms with E-state index in [0.29, 0.717) is 17.0 Å². The van der Waals surface area contributed by atoms with Crippen molar-refractivity contribution in [2.75, 3.05) is 0 Å². The Morgan fingerprint density at radius 3 is 2.31 bits per heavy atom. The van der Waals surface area contributed by atoms with Gasteiger partial charge in [0, 0.05) is 17.8 Å². The molecule has 26 heavy (non-hydrogen) atoms. The maximum absolute atomic E-state index is 13.1. The van der Waals surface area contributed by atoms with E-state index >= 15 is 0 Å². The normalized spacial score (nSPS) is 17.7. The van der Waals surface area contributed by atoms with E-state index in [1.54, 1.807) is 0 Å². The molecule has 4 rings (SSSR count). The summed E-state index contributed by atoms with van der Waals surface area (Å²) in [5.74, 6) is 0.557. The SMILES string of the molecule is O=c1c(-c2ccc(C(F)(F)F)cc2)cc2c(n1CC1CCC1)CCCC2. The first-order valence-electron chi connectivity index (χ1n) is 9.37. The fraction of sp³-hybridized carbons (Fsp3) is 0.476. The third-order valence-electron chi connectivity index (χ3n) is 5.79. The predicted octanol–water partition coefficient (Wildman–Crippen LogP) is 5.21. The molecule has 0 atom stereocenters. The molecule has 2 aliphatic rings. The molecule has 0 radical (unpaired) electrons. The minimum Gasteiger partial charge on any atom is -0.312 e. The molecule has 0 amide bonds. The van der Waals surface area contributed by atoms with E-state index in [-0.39, 0.29) is 5.56 Å². The van der Waals surface area contributed by atoms with Gasteiger partial charge in [-0.3, -0.25) is 4.79 Å². The fourth-order valence-corrected chi connectivity index (χ4v) is 4.05. The average molecular weight is 361 g/mol. The molecule has 1 aromatic carbocycles. The Morgan fingerprint density at radius 1 is 1.00 bits per heavy atom. The third kappa shape index (κ3) is 3.19. The summed E-state index contributed by atoms with van der Waals surface area (Å²) in [5, 5.41) is 0. The Morgan fingerprint density at radius 2 is 1.69 bits per heavy atom. The van der Waals surface area contributed by atoms with Crippen molar-refractivity contribution < 1.29 is 13.2 Å². The molecule has 2 aromatic rings. The van der Waals surface area contributed by atoms with Gasteiger partial charge in [-0.15, -0.1) is 0 Å². The van der Waals surface area contributed by atoms with Crippen molar-refractivity contribution >= 4 is 0 Å². The zero-order valence-corrected chi connectivity index (χ0v) is 14.6. The number of hydrogen-bond donors (Lipinski definition) is 0. The van der Waals surface area contributed by atoms with Gasteiger partial charge < -0.3 is 4.57 Å². The van der Waals surface area contributed by atoms with E-state index in [4.69, 9.17) is 0 Å². The minimum atomic E-state index is -4.36. The lowest BCUT2D eigenvalue weighted by Crippen LogP contribution is -2.32. The van der Waals surface area contributed by atoms with Gasteiger partial charge in [0.2, 0.25) is 0 Å². The van der Waals surface area contributed by atoms with Crippen molar-refractivity contribution in [2.24, 2.45) is 5.92 Å². The molecule has 0 unspecified atom stereocenters. The van der Waals surface area contributed by atoms with Crippen LogP contribution in [0.3, 0.4) is 0 Å². The summed E-state index contributed by atoms with van der Waals surface area (Å²) < 4.78 is 40.4. The van der Waals surface area contributed by atoms with E-state index in [2.05, 4.69) is 0 Å². The van der Waals surface area contributed by atoms with Crippen LogP contribution in [-0.4, -0.2) is 4.57 Å². The molecule has 138 valence electrons. The standard InChI is InChI=1S/C21H22F3NO/c22-21(23,24)17-10-8-15(9-11-17)18-12-16-6-1-2-7-19(16)25(20(18)26)13-14-4-3-5-14/h8-12,14H,1-7,13H2. The number of pyridine rings is 1. The molecule has 0 saturated heterocycles. The van der Waals surface area contributed by atoms with Crippen molar-refractivity contribution in [3.05, 3.63) is 57.5 Å². The van der Waals surface area contributed by atoms with Gasteiger partial charge in [-0.25, -0.2) is 0 Å². The molecule has 0 bridgehead atoms. The molecule has 1 aromatic heterocycles. The Hall–Kier alpha value is -2.04. The van der Waals surface area contributed by atoms with Gasteiger partial charge >= 0.3 is 6.18 Å². The highest BCUT2D eigenvalue weighted by atomic mass is 19.4. The fourth-order valence-electron chi connectivity index (χ4n) is 4.05. The zero-order chi connectivity index (χ0) is 18.3. The van der Waals surface area contributed by atoms with Gasteiger partial charge in [-0.1, -0.05) is 18.6 Å². The summed E-state index contributed by atoms with van der Waals surface area (Å²) in [4.78, 5) is 13.1. The van der Waals surface area contributed by atoms with Gasteiger partial charge in [0.1, 0.15) is 0 Å². The Balaban J connectivity index is 1.78. The van der Waals surface area contributed by atoms with Crippen LogP contribution in [0.4, 0.5) is 13.2 Å². The highest BCUT2D eigenvalue weighted by Gasteiger charge is 2.30. The second-order valence-corrected chi connectivity index (χ2v) is 7.52. The van der Waals surface area contributed by atoms with Crippen molar-refractivity contribution in [1.82, 2.24) is 4.57 Å². The summed E-state index contributed by atoms with van der Waals surface area (Å²) in [6.45, 7) is 0.746. The highest BCUT2D eigenvalue weighted by Crippen LogP contribution is 2.32. The monoisotopic (exact) mass is 361 g/mol. The molecule has 0 N–H and O–H groups in total. The van der Waals surface area contributed by atoms with Crippen LogP contribution in [0.1, 0.15) is 48.9 Å². The van der Waals surface area contributed by atoms with Gasteiger partial charge in [-0.2, -0.15) is 13.2 Å². The molecule has 1 saturated carbocycles. The molecular formula is C21H22F3NO. The van der Waals surface area contributed by atoms with Crippen molar-refractivity contribution in [3.8, 4) is 11.1 Å². The largest absolute Gasteiger partial charge is 0.416 e. The van der Waals surface area contributed by atoms with Crippen LogP contribution in [0.25, 0.3) is 11.1 Å². The molecule has 2 aliphatic carbocycles. The lowest BCUT2D eigenvalue weighted by Gasteiger charge is -2.30. The first-order chi connectivity index (χ1) is 12.4. The van der Waals surface area contributed by atoms with Gasteiger partial charge in [0.05, 0.1) is 5.56 Å². The maximum Gasteiger partial charge on any atom is 0.416 e. The summed E-state index contributed by atoms with van der Waals surface area (Å²) in [6.07, 6.45) is 3.23. The predicted molar refractivity (Wildman–Crippen MR) is 95.1 cm³/mol. The van der Waals surface area contributed by atoms with Crippen molar-refractivity contribution in [2.45, 2.75) is 57.7 Å². The number of hydrogen-bond acceptors (Lipinski definition) is 1. The van der Waals surface area contributed by atoms with E-state index in [9.17, 15) is 18.0 Å². The first kappa shape index (κ1) is 17.4. The lowest BCUT2D eigenvalue weighted by molar-refractivity contribution is -0.137. The topological polar surface area (TPSA) is 22.0 Å². The summed E-state index contributed by atoms with van der Waals surface area (Å²) in [6, 6.07) is 6.87. The van der Waals surface area contributed by atoms with Crippen LogP contribution in [-0.2, 0) is 25.6 Å². The Labute approximate surface area is 150 Å². The molecule has 2 nitrogen and oxygen atoms in total. The van der Waals surface area contributed by atoms with Crippen LogP contribution in [0, 0.1) is 5.92 Å². The number of aryl methyl sites for hydroxylation is 1. The van der Waals surface area contributed by atoms with Crippen LogP contribution in [0.15, 0.2) is 35.1 Å². The highest BCUT2D eigenvalue weighted by molar-refractivity contribution is 5.64. The van der Waals surface area contributed by atoms with Gasteiger partial charge in [0.25, 0.3) is 5.56 Å². The van der Waals surface area contributed by atoms with E-state index < -0.39 is 11.7 Å². The second kappa shape index (κ2) is 6.60. The Kier molecular flexibility index (Phi) is 4.41. The molecular weight excluding hydrogens is 339 g/mol. The summed E-state index contributed by atoms with van der Waals surface area (Å²) in [5.41, 5.74) is 2.68. The van der Waals surface area contributed by atoms with E-state index in [0.717, 1.165) is 62.9 Å². The minimum absolute atomic E-state index is 0.0580. The number of benzene rings is 1. The number of fused-ring (bicyclic) bond motifs is 1. The van der Waals surface area contributed by atoms with Gasteiger partial charge in [-0.05, 0) is 73.8 Å². The molecule has 0 aliphatic heterocycles. The van der Waals surface area contributed by atoms with Crippen LogP contribution in [0.5, 0.6) is 0 Å². The number of alkyl halides is 3. The van der Waals surface area contributed by atoms with E-state index in [1.165, 1.54) is 24.1 Å². The van der Waals surface area contributed by atoms with Crippen LogP contribution >= 0.6 is 0 Å². The third-order valence-corrected chi connectivity index (χ3v) is 5.79. The number of nitrogens with zero attached hydrogens (tertiary/aromatic N) is 1. The maximum atomic E-state index is 13.1. The average Bonchev–Trinajstić information content (AvgIpc) is 2.58. The smallest absolute Gasteiger partial charge is 0.312 e. The number of rotatable bonds is 3. The number of aromatic nitrogens is 1. The van der Waals surface area contributed by atoms with Crippen LogP contribution in [0.2, 0.25) is 0 Å². The number of halogens is 3. The summed E-state index contributed by atoms with van der Waals surface area (Å²) in [7, 11) is 0. The summed E-state index contributed by atoms with van der Waals surface area (Å²) >= 11 is 0. The molecule has 5 heteroatoms. The van der Waals surface area contributed by atoms with Crippen molar-refractivity contribution in [1.29, 1.82) is 0 Å². The van der Waals surface area contributed by atoms with E-state index in [1.807, 2.05) is 10.6 Å². The molecule has 1 heterocycles. The van der Waals surface area contributed by atoms with Crippen LogP contribution < -0.4 is 5.56 Å². The molecule has 1 fully saturated rings. The zero-order valence-electron chi connectivity index (χ0n) is 14.6. The first-order valence-corrected chi connectivity index (χ1v) is 9.37. The quantitative estimate of drug-likeness (QED) is 0.735. The molecule has 0 spiro atoms. The Bertz CT molecular complexity index is 861. The van der Waals surface area contributed by atoms with Crippen molar-refractivity contribution in [3.63, 3.8) is 0 Å². The second-order valence-electron chi connectivity index (χ2n) is 7.52. The van der Waals surface area contributed by atoms with Gasteiger partial charge in [0.15, 0.2) is 0 Å².